The first-order chi connectivity index (χ1) is 6.70. The zero-order valence-electron chi connectivity index (χ0n) is 9.01. The lowest BCUT2D eigenvalue weighted by atomic mass is 10.2. The van der Waals surface area contributed by atoms with Crippen LogP contribution in [0.1, 0.15) is 20.3 Å². The Morgan fingerprint density at radius 3 is 2.86 bits per heavy atom. The van der Waals surface area contributed by atoms with E-state index in [-0.39, 0.29) is 11.8 Å². The van der Waals surface area contributed by atoms with Gasteiger partial charge in [0, 0.05) is 30.8 Å². The van der Waals surface area contributed by atoms with Gasteiger partial charge in [-0.2, -0.15) is 11.8 Å². The van der Waals surface area contributed by atoms with Gasteiger partial charge in [-0.25, -0.2) is 0 Å². The molecule has 0 radical (unpaired) electrons. The summed E-state index contributed by atoms with van der Waals surface area (Å²) in [6, 6.07) is 0.663. The van der Waals surface area contributed by atoms with Crippen molar-refractivity contribution in [1.82, 2.24) is 10.6 Å². The highest BCUT2D eigenvalue weighted by Gasteiger charge is 2.14. The maximum atomic E-state index is 11.2. The Morgan fingerprint density at radius 2 is 2.29 bits per heavy atom. The van der Waals surface area contributed by atoms with Crippen molar-refractivity contribution in [3.8, 4) is 0 Å². The SMILES string of the molecule is CC(C)C(=O)NCCNC1CCSC1. The van der Waals surface area contributed by atoms with Crippen molar-refractivity contribution < 1.29 is 4.79 Å². The van der Waals surface area contributed by atoms with Gasteiger partial charge in [-0.1, -0.05) is 13.8 Å². The number of amides is 1. The Bertz CT molecular complexity index is 179. The van der Waals surface area contributed by atoms with Crippen LogP contribution in [0, 0.1) is 5.92 Å². The van der Waals surface area contributed by atoms with Crippen molar-refractivity contribution in [1.29, 1.82) is 0 Å². The number of carbonyl (C=O) groups is 1. The van der Waals surface area contributed by atoms with Crippen molar-refractivity contribution in [2.24, 2.45) is 5.92 Å². The molecule has 0 aromatic rings. The first-order valence-electron chi connectivity index (χ1n) is 5.29. The highest BCUT2D eigenvalue weighted by molar-refractivity contribution is 7.99. The Labute approximate surface area is 90.4 Å². The van der Waals surface area contributed by atoms with Crippen molar-refractivity contribution in [3.05, 3.63) is 0 Å². The molecule has 1 amide bonds. The number of nitrogens with one attached hydrogen (secondary N) is 2. The van der Waals surface area contributed by atoms with Crippen LogP contribution >= 0.6 is 11.8 Å². The van der Waals surface area contributed by atoms with E-state index in [4.69, 9.17) is 0 Å². The van der Waals surface area contributed by atoms with Gasteiger partial charge in [0.15, 0.2) is 0 Å². The molecule has 1 heterocycles. The Morgan fingerprint density at radius 1 is 1.50 bits per heavy atom. The number of thioether (sulfide) groups is 1. The Hall–Kier alpha value is -0.220. The van der Waals surface area contributed by atoms with E-state index in [0.29, 0.717) is 6.04 Å². The van der Waals surface area contributed by atoms with Gasteiger partial charge in [0.2, 0.25) is 5.91 Å². The molecule has 0 bridgehead atoms. The molecule has 1 rings (SSSR count). The van der Waals surface area contributed by atoms with Gasteiger partial charge in [-0.05, 0) is 12.2 Å². The lowest BCUT2D eigenvalue weighted by Gasteiger charge is -2.12. The molecule has 0 aromatic heterocycles. The number of hydrogen-bond acceptors (Lipinski definition) is 3. The van der Waals surface area contributed by atoms with E-state index in [9.17, 15) is 4.79 Å². The normalized spacial score (nSPS) is 21.5. The smallest absolute Gasteiger partial charge is 0.222 e. The van der Waals surface area contributed by atoms with Crippen LogP contribution in [0.15, 0.2) is 0 Å². The third-order valence-corrected chi connectivity index (χ3v) is 3.47. The molecule has 0 spiro atoms. The second kappa shape index (κ2) is 6.30. The van der Waals surface area contributed by atoms with Crippen molar-refractivity contribution in [2.75, 3.05) is 24.6 Å². The molecule has 0 saturated carbocycles. The summed E-state index contributed by atoms with van der Waals surface area (Å²) in [7, 11) is 0. The summed E-state index contributed by atoms with van der Waals surface area (Å²) in [5.41, 5.74) is 0. The lowest BCUT2D eigenvalue weighted by Crippen LogP contribution is -2.38. The molecule has 1 aliphatic rings. The van der Waals surface area contributed by atoms with Crippen LogP contribution in [0.3, 0.4) is 0 Å². The first-order valence-corrected chi connectivity index (χ1v) is 6.44. The quantitative estimate of drug-likeness (QED) is 0.670. The summed E-state index contributed by atoms with van der Waals surface area (Å²) in [5.74, 6) is 2.73. The van der Waals surface area contributed by atoms with E-state index in [1.165, 1.54) is 17.9 Å². The standard InChI is InChI=1S/C10H20N2OS/c1-8(2)10(13)12-5-4-11-9-3-6-14-7-9/h8-9,11H,3-7H2,1-2H3,(H,12,13). The highest BCUT2D eigenvalue weighted by atomic mass is 32.2. The van der Waals surface area contributed by atoms with Crippen LogP contribution in [0.25, 0.3) is 0 Å². The topological polar surface area (TPSA) is 41.1 Å². The number of carbonyl (C=O) groups excluding carboxylic acids is 1. The van der Waals surface area contributed by atoms with Gasteiger partial charge in [0.05, 0.1) is 0 Å². The first kappa shape index (κ1) is 11.9. The van der Waals surface area contributed by atoms with Crippen LogP contribution < -0.4 is 10.6 Å². The van der Waals surface area contributed by atoms with Gasteiger partial charge in [0.25, 0.3) is 0 Å². The van der Waals surface area contributed by atoms with E-state index in [2.05, 4.69) is 10.6 Å². The summed E-state index contributed by atoms with van der Waals surface area (Å²) >= 11 is 2.00. The molecule has 1 saturated heterocycles. The highest BCUT2D eigenvalue weighted by Crippen LogP contribution is 2.16. The van der Waals surface area contributed by atoms with Crippen LogP contribution in [-0.2, 0) is 4.79 Å². The third kappa shape index (κ3) is 4.33. The molecule has 1 fully saturated rings. The summed E-state index contributed by atoms with van der Waals surface area (Å²) in [6.07, 6.45) is 1.27. The molecule has 2 N–H and O–H groups in total. The Balaban J connectivity index is 1.96. The van der Waals surface area contributed by atoms with E-state index < -0.39 is 0 Å². The minimum absolute atomic E-state index is 0.0945. The van der Waals surface area contributed by atoms with E-state index >= 15 is 0 Å². The van der Waals surface area contributed by atoms with E-state index in [1.54, 1.807) is 0 Å². The van der Waals surface area contributed by atoms with Crippen LogP contribution in [0.5, 0.6) is 0 Å². The molecule has 1 unspecified atom stereocenters. The van der Waals surface area contributed by atoms with Gasteiger partial charge < -0.3 is 10.6 Å². The molecule has 1 atom stereocenters. The van der Waals surface area contributed by atoms with Crippen molar-refractivity contribution >= 4 is 17.7 Å². The molecule has 4 heteroatoms. The zero-order valence-corrected chi connectivity index (χ0v) is 9.82. The average Bonchev–Trinajstić information content (AvgIpc) is 2.64. The fourth-order valence-electron chi connectivity index (χ4n) is 1.36. The molecule has 14 heavy (non-hydrogen) atoms. The van der Waals surface area contributed by atoms with E-state index in [1.807, 2.05) is 25.6 Å². The number of hydrogen-bond donors (Lipinski definition) is 2. The van der Waals surface area contributed by atoms with Gasteiger partial charge in [0.1, 0.15) is 0 Å². The third-order valence-electron chi connectivity index (χ3n) is 2.31. The predicted molar refractivity (Wildman–Crippen MR) is 61.6 cm³/mol. The van der Waals surface area contributed by atoms with Gasteiger partial charge in [-0.15, -0.1) is 0 Å². The van der Waals surface area contributed by atoms with E-state index in [0.717, 1.165) is 13.1 Å². The maximum absolute atomic E-state index is 11.2. The summed E-state index contributed by atoms with van der Waals surface area (Å²) in [4.78, 5) is 11.2. The fraction of sp³-hybridized carbons (Fsp3) is 0.900. The average molecular weight is 216 g/mol. The largest absolute Gasteiger partial charge is 0.355 e. The van der Waals surface area contributed by atoms with Crippen LogP contribution in [0.2, 0.25) is 0 Å². The van der Waals surface area contributed by atoms with Gasteiger partial charge in [-0.3, -0.25) is 4.79 Å². The maximum Gasteiger partial charge on any atom is 0.222 e. The molecule has 3 nitrogen and oxygen atoms in total. The second-order valence-corrected chi connectivity index (χ2v) is 5.11. The fourth-order valence-corrected chi connectivity index (χ4v) is 2.55. The molecular formula is C10H20N2OS. The summed E-state index contributed by atoms with van der Waals surface area (Å²) in [5, 5.41) is 6.34. The number of rotatable bonds is 5. The molecule has 0 aromatic carbocycles. The summed E-state index contributed by atoms with van der Waals surface area (Å²) < 4.78 is 0. The minimum Gasteiger partial charge on any atom is -0.355 e. The van der Waals surface area contributed by atoms with Crippen LogP contribution in [0.4, 0.5) is 0 Å². The second-order valence-electron chi connectivity index (χ2n) is 3.96. The lowest BCUT2D eigenvalue weighted by molar-refractivity contribution is -0.123. The summed E-state index contributed by atoms with van der Waals surface area (Å²) in [6.45, 7) is 5.47. The monoisotopic (exact) mass is 216 g/mol. The molecule has 82 valence electrons. The molecule has 1 aliphatic heterocycles. The molecule has 0 aliphatic carbocycles. The van der Waals surface area contributed by atoms with Crippen molar-refractivity contribution in [2.45, 2.75) is 26.3 Å². The molecular weight excluding hydrogens is 196 g/mol. The minimum atomic E-state index is 0.0945. The Kier molecular flexibility index (Phi) is 5.33. The van der Waals surface area contributed by atoms with Crippen LogP contribution in [-0.4, -0.2) is 36.5 Å². The van der Waals surface area contributed by atoms with Crippen molar-refractivity contribution in [3.63, 3.8) is 0 Å². The predicted octanol–water partition coefficient (Wildman–Crippen LogP) is 0.854. The van der Waals surface area contributed by atoms with Gasteiger partial charge >= 0.3 is 0 Å². The zero-order chi connectivity index (χ0) is 10.4.